The second kappa shape index (κ2) is 10.0. The third-order valence-electron chi connectivity index (χ3n) is 5.15. The van der Waals surface area contributed by atoms with Gasteiger partial charge in [0.1, 0.15) is 5.69 Å². The van der Waals surface area contributed by atoms with Crippen LogP contribution in [0.3, 0.4) is 0 Å². The second-order valence-corrected chi connectivity index (χ2v) is 9.81. The fraction of sp³-hybridized carbons (Fsp3) is 0.381. The third kappa shape index (κ3) is 5.44. The molecule has 0 aliphatic carbocycles. The normalized spacial score (nSPS) is 14.7. The number of aromatic amines is 1. The first-order valence-electron chi connectivity index (χ1n) is 10.1. The number of nitrogens with one attached hydrogen (secondary N) is 2. The Morgan fingerprint density at radius 2 is 1.88 bits per heavy atom. The summed E-state index contributed by atoms with van der Waals surface area (Å²) in [6, 6.07) is 3.97. The van der Waals surface area contributed by atoms with Crippen molar-refractivity contribution < 1.29 is 32.3 Å². The zero-order chi connectivity index (χ0) is 24.3. The summed E-state index contributed by atoms with van der Waals surface area (Å²) < 4.78 is 37.2. The number of aromatic nitrogens is 1. The van der Waals surface area contributed by atoms with Crippen molar-refractivity contribution >= 4 is 45.0 Å². The number of anilines is 1. The van der Waals surface area contributed by atoms with Crippen molar-refractivity contribution in [2.45, 2.75) is 25.7 Å². The highest BCUT2D eigenvalue weighted by Gasteiger charge is 2.27. The average molecular weight is 498 g/mol. The topological polar surface area (TPSA) is 135 Å². The van der Waals surface area contributed by atoms with Gasteiger partial charge in [-0.2, -0.15) is 4.31 Å². The predicted octanol–water partition coefficient (Wildman–Crippen LogP) is 2.30. The van der Waals surface area contributed by atoms with Crippen molar-refractivity contribution in [2.24, 2.45) is 0 Å². The van der Waals surface area contributed by atoms with Crippen LogP contribution in [0.4, 0.5) is 5.69 Å². The molecular formula is C21H24ClN3O7S. The number of amides is 1. The number of rotatable bonds is 7. The minimum Gasteiger partial charge on any atom is -0.451 e. The lowest BCUT2D eigenvalue weighted by Crippen LogP contribution is -2.40. The number of halogens is 1. The molecule has 1 fully saturated rings. The van der Waals surface area contributed by atoms with Crippen LogP contribution < -0.4 is 5.32 Å². The lowest BCUT2D eigenvalue weighted by Gasteiger charge is -2.26. The summed E-state index contributed by atoms with van der Waals surface area (Å²) >= 11 is 6.12. The number of aryl methyl sites for hydroxylation is 1. The van der Waals surface area contributed by atoms with E-state index in [1.807, 2.05) is 0 Å². The Morgan fingerprint density at radius 3 is 2.48 bits per heavy atom. The number of sulfonamides is 1. The average Bonchev–Trinajstić information content (AvgIpc) is 3.08. The van der Waals surface area contributed by atoms with Gasteiger partial charge in [-0.05, 0) is 44.5 Å². The zero-order valence-electron chi connectivity index (χ0n) is 18.4. The van der Waals surface area contributed by atoms with E-state index in [-0.39, 0.29) is 40.2 Å². The van der Waals surface area contributed by atoms with Crippen molar-refractivity contribution in [1.82, 2.24) is 9.29 Å². The van der Waals surface area contributed by atoms with Gasteiger partial charge in [0.05, 0.1) is 28.8 Å². The van der Waals surface area contributed by atoms with E-state index in [0.29, 0.717) is 30.0 Å². The molecule has 12 heteroatoms. The smallest absolute Gasteiger partial charge is 0.355 e. The number of ether oxygens (including phenoxy) is 2. The number of Topliss-reactive ketones (excluding diaryl/α,β-unsaturated/α-hetero) is 1. The van der Waals surface area contributed by atoms with Crippen LogP contribution in [-0.2, 0) is 24.3 Å². The van der Waals surface area contributed by atoms with Gasteiger partial charge in [0.25, 0.3) is 5.91 Å². The highest BCUT2D eigenvalue weighted by Crippen LogP contribution is 2.27. The monoisotopic (exact) mass is 497 g/mol. The van der Waals surface area contributed by atoms with E-state index in [2.05, 4.69) is 10.3 Å². The molecule has 178 valence electrons. The lowest BCUT2D eigenvalue weighted by atomic mass is 10.1. The minimum atomic E-state index is -3.79. The molecule has 1 aromatic carbocycles. The van der Waals surface area contributed by atoms with E-state index in [9.17, 15) is 22.8 Å². The van der Waals surface area contributed by atoms with Crippen LogP contribution in [-0.4, -0.2) is 68.3 Å². The maximum absolute atomic E-state index is 12.8. The number of nitrogens with zero attached hydrogens (tertiary/aromatic N) is 1. The van der Waals surface area contributed by atoms with Crippen molar-refractivity contribution in [3.8, 4) is 0 Å². The number of hydrogen-bond donors (Lipinski definition) is 2. The maximum Gasteiger partial charge on any atom is 0.355 e. The fourth-order valence-electron chi connectivity index (χ4n) is 3.57. The van der Waals surface area contributed by atoms with Crippen molar-refractivity contribution in [3.63, 3.8) is 0 Å². The number of hydrogen-bond acceptors (Lipinski definition) is 7. The Labute approximate surface area is 196 Å². The molecule has 0 atom stereocenters. The molecule has 1 aliphatic heterocycles. The molecule has 2 aromatic rings. The molecule has 0 unspecified atom stereocenters. The first-order valence-corrected chi connectivity index (χ1v) is 11.9. The van der Waals surface area contributed by atoms with Crippen LogP contribution >= 0.6 is 11.6 Å². The summed E-state index contributed by atoms with van der Waals surface area (Å²) in [5, 5.41) is 2.58. The lowest BCUT2D eigenvalue weighted by molar-refractivity contribution is -0.119. The Hall–Kier alpha value is -2.73. The van der Waals surface area contributed by atoms with E-state index in [1.54, 1.807) is 13.8 Å². The quantitative estimate of drug-likeness (QED) is 0.442. The van der Waals surface area contributed by atoms with E-state index in [1.165, 1.54) is 29.4 Å². The van der Waals surface area contributed by atoms with Crippen LogP contribution in [0.5, 0.6) is 0 Å². The van der Waals surface area contributed by atoms with Crippen LogP contribution in [0.25, 0.3) is 0 Å². The molecule has 0 saturated carbocycles. The van der Waals surface area contributed by atoms with Crippen molar-refractivity contribution in [1.29, 1.82) is 0 Å². The van der Waals surface area contributed by atoms with Crippen LogP contribution in [0, 0.1) is 13.8 Å². The zero-order valence-corrected chi connectivity index (χ0v) is 19.9. The SMILES string of the molecule is CC(=O)c1c(C)[nH]c(C(=O)OCC(=O)Nc2cc(S(=O)(=O)N3CCOCC3)ccc2Cl)c1C. The fourth-order valence-corrected chi connectivity index (χ4v) is 5.17. The highest BCUT2D eigenvalue weighted by atomic mass is 35.5. The Kier molecular flexibility index (Phi) is 7.58. The van der Waals surface area contributed by atoms with E-state index in [4.69, 9.17) is 21.1 Å². The van der Waals surface area contributed by atoms with E-state index in [0.717, 1.165) is 0 Å². The van der Waals surface area contributed by atoms with Gasteiger partial charge in [-0.15, -0.1) is 0 Å². The molecule has 1 aromatic heterocycles. The first-order chi connectivity index (χ1) is 15.5. The molecule has 2 heterocycles. The summed E-state index contributed by atoms with van der Waals surface area (Å²) in [5.74, 6) is -1.70. The second-order valence-electron chi connectivity index (χ2n) is 7.46. The number of benzene rings is 1. The number of H-pyrrole nitrogens is 1. The summed E-state index contributed by atoms with van der Waals surface area (Å²) in [7, 11) is -3.79. The van der Waals surface area contributed by atoms with E-state index >= 15 is 0 Å². The number of ketones is 1. The largest absolute Gasteiger partial charge is 0.451 e. The molecule has 2 N–H and O–H groups in total. The molecule has 0 spiro atoms. The molecule has 0 bridgehead atoms. The van der Waals surface area contributed by atoms with Gasteiger partial charge in [-0.1, -0.05) is 11.6 Å². The van der Waals surface area contributed by atoms with Gasteiger partial charge >= 0.3 is 5.97 Å². The molecule has 1 aliphatic rings. The van der Waals surface area contributed by atoms with Crippen LogP contribution in [0.15, 0.2) is 23.1 Å². The molecule has 1 amide bonds. The number of esters is 1. The molecule has 1 saturated heterocycles. The van der Waals surface area contributed by atoms with Crippen molar-refractivity contribution in [2.75, 3.05) is 38.2 Å². The standard InChI is InChI=1S/C21H24ClN3O7S/c1-12-19(14(3)26)13(2)23-20(12)21(28)32-11-18(27)24-17-10-15(4-5-16(17)22)33(29,30)25-6-8-31-9-7-25/h4-5,10,23H,6-9,11H2,1-3H3,(H,24,27). The summed E-state index contributed by atoms with van der Waals surface area (Å²) in [6.45, 7) is 5.08. The predicted molar refractivity (Wildman–Crippen MR) is 120 cm³/mol. The van der Waals surface area contributed by atoms with Crippen molar-refractivity contribution in [3.05, 3.63) is 45.7 Å². The Balaban J connectivity index is 1.68. The highest BCUT2D eigenvalue weighted by molar-refractivity contribution is 7.89. The van der Waals surface area contributed by atoms with Gasteiger partial charge in [0.15, 0.2) is 12.4 Å². The van der Waals surface area contributed by atoms with E-state index < -0.39 is 28.5 Å². The Morgan fingerprint density at radius 1 is 1.21 bits per heavy atom. The van der Waals surface area contributed by atoms with Gasteiger partial charge in [-0.25, -0.2) is 13.2 Å². The molecule has 33 heavy (non-hydrogen) atoms. The Bertz CT molecular complexity index is 1200. The first kappa shape index (κ1) is 24.9. The van der Waals surface area contributed by atoms with Gasteiger partial charge in [0.2, 0.25) is 10.0 Å². The van der Waals surface area contributed by atoms with Gasteiger partial charge in [-0.3, -0.25) is 9.59 Å². The summed E-state index contributed by atoms with van der Waals surface area (Å²) in [5.41, 5.74) is 1.52. The number of morpholine rings is 1. The van der Waals surface area contributed by atoms with Gasteiger partial charge < -0.3 is 19.8 Å². The summed E-state index contributed by atoms with van der Waals surface area (Å²) in [6.07, 6.45) is 0. The van der Waals surface area contributed by atoms with Crippen LogP contribution in [0.1, 0.15) is 39.0 Å². The molecule has 0 radical (unpaired) electrons. The van der Waals surface area contributed by atoms with Gasteiger partial charge in [0, 0.05) is 24.3 Å². The van der Waals surface area contributed by atoms with Crippen LogP contribution in [0.2, 0.25) is 5.02 Å². The maximum atomic E-state index is 12.8. The summed E-state index contributed by atoms with van der Waals surface area (Å²) in [4.78, 5) is 39.2. The molecular weight excluding hydrogens is 474 g/mol. The molecule has 3 rings (SSSR count). The number of carbonyl (C=O) groups is 3. The molecule has 10 nitrogen and oxygen atoms in total. The number of carbonyl (C=O) groups excluding carboxylic acids is 3. The third-order valence-corrected chi connectivity index (χ3v) is 7.37. The minimum absolute atomic E-state index is 0.0321.